The molecule has 1 aliphatic heterocycles. The number of hydrogen-bond acceptors (Lipinski definition) is 6. The van der Waals surface area contributed by atoms with Crippen molar-refractivity contribution in [1.82, 2.24) is 15.1 Å². The minimum atomic E-state index is -0.282. The number of aliphatic hydroxyl groups is 1. The molecule has 0 bridgehead atoms. The van der Waals surface area contributed by atoms with E-state index in [1.165, 1.54) is 0 Å². The highest BCUT2D eigenvalue weighted by atomic mass is 16.5. The molecule has 0 aliphatic carbocycles. The number of hydrogen-bond donors (Lipinski definition) is 1. The number of nitrogens with zero attached hydrogens (tertiary/aromatic N) is 4. The van der Waals surface area contributed by atoms with Crippen molar-refractivity contribution in [2.24, 2.45) is 0 Å². The molecule has 1 unspecified atom stereocenters. The summed E-state index contributed by atoms with van der Waals surface area (Å²) in [6, 6.07) is 3.81. The van der Waals surface area contributed by atoms with Gasteiger partial charge >= 0.3 is 0 Å². The molecular formula is C16H22N4O2. The Morgan fingerprint density at radius 1 is 1.36 bits per heavy atom. The van der Waals surface area contributed by atoms with Gasteiger partial charge in [0.25, 0.3) is 5.89 Å². The van der Waals surface area contributed by atoms with Crippen molar-refractivity contribution in [1.29, 1.82) is 0 Å². The van der Waals surface area contributed by atoms with Crippen LogP contribution in [-0.2, 0) is 5.41 Å². The third-order valence-corrected chi connectivity index (χ3v) is 3.81. The summed E-state index contributed by atoms with van der Waals surface area (Å²) in [6.07, 6.45) is 3.29. The lowest BCUT2D eigenvalue weighted by Crippen LogP contribution is -2.38. The Balaban J connectivity index is 1.86. The first-order chi connectivity index (χ1) is 10.4. The Bertz CT molecular complexity index is 648. The van der Waals surface area contributed by atoms with Gasteiger partial charge in [0.2, 0.25) is 0 Å². The second-order valence-electron chi connectivity index (χ2n) is 6.82. The Kier molecular flexibility index (Phi) is 3.87. The molecule has 3 heterocycles. The largest absolute Gasteiger partial charge is 0.391 e. The van der Waals surface area contributed by atoms with Crippen LogP contribution in [0.1, 0.15) is 39.4 Å². The quantitative estimate of drug-likeness (QED) is 0.918. The second-order valence-corrected chi connectivity index (χ2v) is 6.82. The monoisotopic (exact) mass is 302 g/mol. The van der Waals surface area contributed by atoms with E-state index in [-0.39, 0.29) is 11.5 Å². The number of β-amino-alcohol motifs (C(OH)–C–C–N with tert-alkyl or cyclic N) is 1. The molecule has 0 saturated carbocycles. The third kappa shape index (κ3) is 3.11. The van der Waals surface area contributed by atoms with Crippen molar-refractivity contribution in [2.75, 3.05) is 18.0 Å². The fourth-order valence-corrected chi connectivity index (χ4v) is 2.53. The number of rotatable bonds is 2. The molecule has 0 aromatic carbocycles. The molecule has 1 fully saturated rings. The molecule has 6 heteroatoms. The number of piperidine rings is 1. The highest BCUT2D eigenvalue weighted by Crippen LogP contribution is 2.26. The van der Waals surface area contributed by atoms with Crippen LogP contribution >= 0.6 is 0 Å². The lowest BCUT2D eigenvalue weighted by Gasteiger charge is -2.31. The summed E-state index contributed by atoms with van der Waals surface area (Å²) in [4.78, 5) is 11.0. The Morgan fingerprint density at radius 3 is 2.86 bits per heavy atom. The van der Waals surface area contributed by atoms with E-state index in [9.17, 15) is 5.11 Å². The van der Waals surface area contributed by atoms with Gasteiger partial charge in [0.15, 0.2) is 5.82 Å². The predicted octanol–water partition coefficient (Wildman–Crippen LogP) is 2.39. The molecule has 22 heavy (non-hydrogen) atoms. The summed E-state index contributed by atoms with van der Waals surface area (Å²) in [6.45, 7) is 7.68. The normalized spacial score (nSPS) is 19.5. The number of aromatic nitrogens is 3. The van der Waals surface area contributed by atoms with Gasteiger partial charge in [-0.1, -0.05) is 25.9 Å². The van der Waals surface area contributed by atoms with Crippen molar-refractivity contribution >= 4 is 5.82 Å². The maximum atomic E-state index is 9.81. The number of anilines is 1. The van der Waals surface area contributed by atoms with E-state index in [0.717, 1.165) is 30.8 Å². The van der Waals surface area contributed by atoms with Crippen molar-refractivity contribution < 1.29 is 9.63 Å². The third-order valence-electron chi connectivity index (χ3n) is 3.81. The average Bonchev–Trinajstić information content (AvgIpc) is 2.97. The Hall–Kier alpha value is -1.95. The first kappa shape index (κ1) is 15.0. The fraction of sp³-hybridized carbons (Fsp3) is 0.562. The first-order valence-electron chi connectivity index (χ1n) is 7.67. The SMILES string of the molecule is CC(C)(C)c1noc(-c2ccnc(N3CCCC(O)C3)c2)n1. The molecule has 2 aromatic heterocycles. The average molecular weight is 302 g/mol. The lowest BCUT2D eigenvalue weighted by atomic mass is 9.96. The van der Waals surface area contributed by atoms with Crippen LogP contribution in [-0.4, -0.2) is 39.4 Å². The summed E-state index contributed by atoms with van der Waals surface area (Å²) < 4.78 is 5.38. The summed E-state index contributed by atoms with van der Waals surface area (Å²) in [5.41, 5.74) is 0.710. The summed E-state index contributed by atoms with van der Waals surface area (Å²) >= 11 is 0. The van der Waals surface area contributed by atoms with Gasteiger partial charge in [-0.25, -0.2) is 4.98 Å². The summed E-state index contributed by atoms with van der Waals surface area (Å²) in [5.74, 6) is 2.03. The first-order valence-corrected chi connectivity index (χ1v) is 7.67. The van der Waals surface area contributed by atoms with Gasteiger partial charge in [0, 0.05) is 30.3 Å². The van der Waals surface area contributed by atoms with E-state index in [1.54, 1.807) is 6.20 Å². The van der Waals surface area contributed by atoms with E-state index in [2.05, 4.69) is 40.8 Å². The molecular weight excluding hydrogens is 280 g/mol. The minimum absolute atomic E-state index is 0.144. The zero-order valence-corrected chi connectivity index (χ0v) is 13.3. The van der Waals surface area contributed by atoms with Crippen LogP contribution in [0.3, 0.4) is 0 Å². The molecule has 1 saturated heterocycles. The Labute approximate surface area is 130 Å². The van der Waals surface area contributed by atoms with Gasteiger partial charge in [-0.3, -0.25) is 0 Å². The molecule has 0 amide bonds. The molecule has 118 valence electrons. The van der Waals surface area contributed by atoms with Gasteiger partial charge in [0.05, 0.1) is 6.10 Å². The van der Waals surface area contributed by atoms with Crippen LogP contribution < -0.4 is 4.90 Å². The highest BCUT2D eigenvalue weighted by Gasteiger charge is 2.23. The van der Waals surface area contributed by atoms with E-state index in [1.807, 2.05) is 12.1 Å². The van der Waals surface area contributed by atoms with Crippen LogP contribution in [0.5, 0.6) is 0 Å². The molecule has 1 N–H and O–H groups in total. The zero-order chi connectivity index (χ0) is 15.7. The zero-order valence-electron chi connectivity index (χ0n) is 13.3. The summed E-state index contributed by atoms with van der Waals surface area (Å²) in [5, 5.41) is 13.9. The minimum Gasteiger partial charge on any atom is -0.391 e. The molecule has 0 spiro atoms. The maximum Gasteiger partial charge on any atom is 0.258 e. The molecule has 0 radical (unpaired) electrons. The van der Waals surface area contributed by atoms with E-state index in [0.29, 0.717) is 18.3 Å². The smallest absolute Gasteiger partial charge is 0.258 e. The number of pyridine rings is 1. The summed E-state index contributed by atoms with van der Waals surface area (Å²) in [7, 11) is 0. The van der Waals surface area contributed by atoms with Crippen LogP contribution in [0, 0.1) is 0 Å². The van der Waals surface area contributed by atoms with E-state index in [4.69, 9.17) is 4.52 Å². The van der Waals surface area contributed by atoms with Crippen molar-refractivity contribution in [3.63, 3.8) is 0 Å². The van der Waals surface area contributed by atoms with Gasteiger partial charge in [-0.15, -0.1) is 0 Å². The number of aliphatic hydroxyl groups excluding tert-OH is 1. The maximum absolute atomic E-state index is 9.81. The molecule has 1 aliphatic rings. The molecule has 3 rings (SSSR count). The van der Waals surface area contributed by atoms with Crippen LogP contribution in [0.4, 0.5) is 5.82 Å². The molecule has 6 nitrogen and oxygen atoms in total. The molecule has 1 atom stereocenters. The standard InChI is InChI=1S/C16H22N4O2/c1-16(2,3)15-18-14(22-19-15)11-6-7-17-13(9-11)20-8-4-5-12(21)10-20/h6-7,9,12,21H,4-5,8,10H2,1-3H3. The molecule has 2 aromatic rings. The second kappa shape index (κ2) is 5.68. The van der Waals surface area contributed by atoms with E-state index < -0.39 is 0 Å². The predicted molar refractivity (Wildman–Crippen MR) is 83.7 cm³/mol. The van der Waals surface area contributed by atoms with Crippen LogP contribution in [0.15, 0.2) is 22.9 Å². The van der Waals surface area contributed by atoms with Crippen LogP contribution in [0.25, 0.3) is 11.5 Å². The van der Waals surface area contributed by atoms with Crippen molar-refractivity contribution in [3.8, 4) is 11.5 Å². The Morgan fingerprint density at radius 2 is 2.18 bits per heavy atom. The van der Waals surface area contributed by atoms with Crippen LogP contribution in [0.2, 0.25) is 0 Å². The highest BCUT2D eigenvalue weighted by molar-refractivity contribution is 5.58. The van der Waals surface area contributed by atoms with E-state index >= 15 is 0 Å². The van der Waals surface area contributed by atoms with Gasteiger partial charge in [0.1, 0.15) is 5.82 Å². The lowest BCUT2D eigenvalue weighted by molar-refractivity contribution is 0.154. The van der Waals surface area contributed by atoms with Gasteiger partial charge in [-0.05, 0) is 25.0 Å². The van der Waals surface area contributed by atoms with Gasteiger partial charge in [-0.2, -0.15) is 4.98 Å². The van der Waals surface area contributed by atoms with Crippen molar-refractivity contribution in [2.45, 2.75) is 45.1 Å². The van der Waals surface area contributed by atoms with Gasteiger partial charge < -0.3 is 14.5 Å². The van der Waals surface area contributed by atoms with Crippen molar-refractivity contribution in [3.05, 3.63) is 24.2 Å². The fourth-order valence-electron chi connectivity index (χ4n) is 2.53. The topological polar surface area (TPSA) is 75.3 Å².